The first-order chi connectivity index (χ1) is 15.0. The molecule has 1 aromatic carbocycles. The van der Waals surface area contributed by atoms with Crippen molar-refractivity contribution in [2.75, 3.05) is 20.1 Å². The number of amides is 1. The molecule has 1 saturated heterocycles. The molecule has 1 aromatic heterocycles. The van der Waals surface area contributed by atoms with Crippen LogP contribution in [-0.4, -0.2) is 51.8 Å². The van der Waals surface area contributed by atoms with Gasteiger partial charge in [0.05, 0.1) is 11.7 Å². The Morgan fingerprint density at radius 2 is 2.03 bits per heavy atom. The minimum absolute atomic E-state index is 0. The van der Waals surface area contributed by atoms with Gasteiger partial charge in [-0.1, -0.05) is 18.2 Å². The molecule has 0 spiro atoms. The third-order valence-electron chi connectivity index (χ3n) is 5.90. The summed E-state index contributed by atoms with van der Waals surface area (Å²) in [6.45, 7) is 1.35. The number of likely N-dealkylation sites (tertiary alicyclic amines) is 1. The Bertz CT molecular complexity index is 1010. The predicted molar refractivity (Wildman–Crippen MR) is 127 cm³/mol. The van der Waals surface area contributed by atoms with E-state index in [2.05, 4.69) is 15.3 Å². The summed E-state index contributed by atoms with van der Waals surface area (Å²) < 4.78 is 16.2. The van der Waals surface area contributed by atoms with Crippen molar-refractivity contribution in [1.82, 2.24) is 20.0 Å². The largest absolute Gasteiger partial charge is 0.358 e. The van der Waals surface area contributed by atoms with Gasteiger partial charge in [-0.05, 0) is 43.0 Å². The molecule has 2 atom stereocenters. The molecule has 0 bridgehead atoms. The normalized spacial score (nSPS) is 21.1. The van der Waals surface area contributed by atoms with E-state index in [9.17, 15) is 14.0 Å². The maximum Gasteiger partial charge on any atom is 0.241 e. The van der Waals surface area contributed by atoms with Gasteiger partial charge in [0, 0.05) is 43.1 Å². The first kappa shape index (κ1) is 24.5. The highest BCUT2D eigenvalue weighted by Gasteiger charge is 2.40. The number of Topliss-reactive ketones (excluding diaryl/α,β-unsaturated/α-hetero) is 1. The molecule has 2 aromatic rings. The second-order valence-electron chi connectivity index (χ2n) is 8.21. The fourth-order valence-corrected chi connectivity index (χ4v) is 4.30. The molecule has 6 nitrogen and oxygen atoms in total. The van der Waals surface area contributed by atoms with Crippen LogP contribution in [0.5, 0.6) is 0 Å². The molecule has 1 saturated carbocycles. The summed E-state index contributed by atoms with van der Waals surface area (Å²) in [6, 6.07) is 7.84. The molecule has 2 heterocycles. The van der Waals surface area contributed by atoms with Crippen molar-refractivity contribution in [1.29, 1.82) is 0 Å². The van der Waals surface area contributed by atoms with Crippen LogP contribution in [0, 0.1) is 11.7 Å². The van der Waals surface area contributed by atoms with E-state index in [1.54, 1.807) is 36.1 Å². The summed E-state index contributed by atoms with van der Waals surface area (Å²) in [5.41, 5.74) is 2.21. The van der Waals surface area contributed by atoms with E-state index in [4.69, 9.17) is 12.6 Å². The number of nitrogens with one attached hydrogen (secondary N) is 1. The number of aromatic nitrogens is 2. The van der Waals surface area contributed by atoms with Crippen molar-refractivity contribution < 1.29 is 14.0 Å². The highest BCUT2D eigenvalue weighted by Crippen LogP contribution is 2.39. The second kappa shape index (κ2) is 10.6. The van der Waals surface area contributed by atoms with Crippen LogP contribution in [0.1, 0.15) is 36.6 Å². The van der Waals surface area contributed by atoms with E-state index in [1.165, 1.54) is 6.07 Å². The van der Waals surface area contributed by atoms with Gasteiger partial charge in [-0.25, -0.2) is 4.39 Å². The lowest BCUT2D eigenvalue weighted by Gasteiger charge is -2.37. The number of benzene rings is 1. The van der Waals surface area contributed by atoms with Crippen LogP contribution >= 0.6 is 25.0 Å². The molecule has 1 aliphatic heterocycles. The molecule has 1 N–H and O–H groups in total. The number of piperidine rings is 1. The van der Waals surface area contributed by atoms with Gasteiger partial charge in [0.15, 0.2) is 5.78 Å². The molecular weight excluding hydrogens is 451 g/mol. The number of ketones is 1. The van der Waals surface area contributed by atoms with E-state index < -0.39 is 6.04 Å². The van der Waals surface area contributed by atoms with E-state index in [0.29, 0.717) is 18.7 Å². The zero-order chi connectivity index (χ0) is 22.0. The Balaban J connectivity index is 0.00000289. The van der Waals surface area contributed by atoms with Crippen LogP contribution in [0.25, 0.3) is 6.08 Å². The fourth-order valence-electron chi connectivity index (χ4n) is 4.03. The lowest BCUT2D eigenvalue weighted by Crippen LogP contribution is -2.42. The molecule has 9 heteroatoms. The zero-order valence-corrected chi connectivity index (χ0v) is 19.6. The fraction of sp³-hybridized carbons (Fsp3) is 0.435. The molecule has 2 aliphatic rings. The first-order valence-corrected chi connectivity index (χ1v) is 11.1. The van der Waals surface area contributed by atoms with Crippen molar-refractivity contribution in [2.45, 2.75) is 37.1 Å². The predicted octanol–water partition coefficient (Wildman–Crippen LogP) is 3.30. The van der Waals surface area contributed by atoms with Gasteiger partial charge in [0.2, 0.25) is 5.91 Å². The van der Waals surface area contributed by atoms with Crippen molar-refractivity contribution in [3.05, 3.63) is 59.2 Å². The standard InChI is InChI=1S/C23H27FN4O2S.ClH/c1-25-21(29)14-28-11-8-17(26-28)12-16-13-27(10-9-20(16)31)22(23(30)15-6-7-15)18-4-2-3-5-19(18)24;/h2-5,8,11-12,15,20,22,31H,6-7,9-10,13-14H2,1H3,(H,25,29);1H. The molecule has 4 rings (SSSR count). The van der Waals surface area contributed by atoms with E-state index in [-0.39, 0.29) is 47.6 Å². The zero-order valence-electron chi connectivity index (χ0n) is 17.9. The minimum Gasteiger partial charge on any atom is -0.358 e. The Kier molecular flexibility index (Phi) is 8.14. The van der Waals surface area contributed by atoms with Gasteiger partial charge >= 0.3 is 0 Å². The molecule has 32 heavy (non-hydrogen) atoms. The summed E-state index contributed by atoms with van der Waals surface area (Å²) in [5, 5.41) is 7.06. The highest BCUT2D eigenvalue weighted by molar-refractivity contribution is 7.81. The summed E-state index contributed by atoms with van der Waals surface area (Å²) in [5.74, 6) is -0.319. The van der Waals surface area contributed by atoms with Gasteiger partial charge in [-0.3, -0.25) is 19.2 Å². The summed E-state index contributed by atoms with van der Waals surface area (Å²) in [6.07, 6.45) is 6.26. The van der Waals surface area contributed by atoms with Gasteiger partial charge in [0.25, 0.3) is 0 Å². The van der Waals surface area contributed by atoms with Crippen molar-refractivity contribution in [3.63, 3.8) is 0 Å². The summed E-state index contributed by atoms with van der Waals surface area (Å²) >= 11 is 4.73. The molecular formula is C23H28ClFN4O2S. The van der Waals surface area contributed by atoms with Crippen molar-refractivity contribution in [3.8, 4) is 0 Å². The minimum atomic E-state index is -0.580. The Morgan fingerprint density at radius 1 is 1.28 bits per heavy atom. The smallest absolute Gasteiger partial charge is 0.241 e. The van der Waals surface area contributed by atoms with Crippen LogP contribution < -0.4 is 5.32 Å². The lowest BCUT2D eigenvalue weighted by atomic mass is 9.93. The number of thiol groups is 1. The van der Waals surface area contributed by atoms with Crippen molar-refractivity contribution >= 4 is 42.8 Å². The van der Waals surface area contributed by atoms with Crippen LogP contribution in [0.2, 0.25) is 0 Å². The van der Waals surface area contributed by atoms with Gasteiger partial charge in [-0.15, -0.1) is 12.4 Å². The Hall–Kier alpha value is -2.16. The van der Waals surface area contributed by atoms with E-state index in [1.807, 2.05) is 12.1 Å². The van der Waals surface area contributed by atoms with Crippen LogP contribution in [0.3, 0.4) is 0 Å². The molecule has 2 unspecified atom stereocenters. The Morgan fingerprint density at radius 3 is 2.72 bits per heavy atom. The number of carbonyl (C=O) groups is 2. The number of nitrogens with zero attached hydrogens (tertiary/aromatic N) is 3. The number of rotatable bonds is 7. The quantitative estimate of drug-likeness (QED) is 0.599. The summed E-state index contributed by atoms with van der Waals surface area (Å²) in [4.78, 5) is 26.8. The number of hydrogen-bond acceptors (Lipinski definition) is 5. The monoisotopic (exact) mass is 478 g/mol. The SMILES string of the molecule is CNC(=O)Cn1ccc(C=C2CN(C(C(=O)C3CC3)c3ccccc3F)CCC2S)n1.Cl. The third-order valence-corrected chi connectivity index (χ3v) is 6.49. The maximum absolute atomic E-state index is 14.6. The molecule has 1 amide bonds. The van der Waals surface area contributed by atoms with Gasteiger partial charge in [-0.2, -0.15) is 17.7 Å². The average Bonchev–Trinajstić information content (AvgIpc) is 3.53. The van der Waals surface area contributed by atoms with Crippen molar-refractivity contribution in [2.24, 2.45) is 5.92 Å². The van der Waals surface area contributed by atoms with Gasteiger partial charge < -0.3 is 5.32 Å². The average molecular weight is 479 g/mol. The van der Waals surface area contributed by atoms with Crippen LogP contribution in [-0.2, 0) is 16.1 Å². The number of likely N-dealkylation sites (N-methyl/N-ethyl adjacent to an activating group) is 1. The first-order valence-electron chi connectivity index (χ1n) is 10.6. The third kappa shape index (κ3) is 5.60. The molecule has 1 aliphatic carbocycles. The van der Waals surface area contributed by atoms with Crippen LogP contribution in [0.4, 0.5) is 4.39 Å². The molecule has 172 valence electrons. The summed E-state index contributed by atoms with van der Waals surface area (Å²) in [7, 11) is 1.59. The van der Waals surface area contributed by atoms with Crippen LogP contribution in [0.15, 0.2) is 42.1 Å². The lowest BCUT2D eigenvalue weighted by molar-refractivity contribution is -0.126. The molecule has 0 radical (unpaired) electrons. The second-order valence-corrected chi connectivity index (χ2v) is 8.83. The molecule has 2 fully saturated rings. The number of hydrogen-bond donors (Lipinski definition) is 2. The van der Waals surface area contributed by atoms with E-state index in [0.717, 1.165) is 30.5 Å². The number of carbonyl (C=O) groups excluding carboxylic acids is 2. The number of halogens is 2. The van der Waals surface area contributed by atoms with Gasteiger partial charge in [0.1, 0.15) is 12.4 Å². The van der Waals surface area contributed by atoms with E-state index >= 15 is 0 Å². The maximum atomic E-state index is 14.6. The Labute approximate surface area is 199 Å². The topological polar surface area (TPSA) is 67.2 Å². The highest BCUT2D eigenvalue weighted by atomic mass is 35.5.